The average molecular weight is 338 g/mol. The molecule has 3 rings (SSSR count). The highest BCUT2D eigenvalue weighted by Crippen LogP contribution is 2.30. The summed E-state index contributed by atoms with van der Waals surface area (Å²) in [6.45, 7) is 1.04. The van der Waals surface area contributed by atoms with Gasteiger partial charge in [-0.1, -0.05) is 46.4 Å². The van der Waals surface area contributed by atoms with Crippen molar-refractivity contribution in [3.8, 4) is 5.75 Å². The van der Waals surface area contributed by atoms with Crippen molar-refractivity contribution in [3.05, 3.63) is 65.7 Å². The van der Waals surface area contributed by atoms with Crippen LogP contribution >= 0.6 is 0 Å². The molecule has 0 atom stereocenters. The van der Waals surface area contributed by atoms with Crippen molar-refractivity contribution in [2.75, 3.05) is 13.2 Å². The monoisotopic (exact) mass is 338 g/mol. The van der Waals surface area contributed by atoms with Gasteiger partial charge < -0.3 is 13.7 Å². The van der Waals surface area contributed by atoms with Gasteiger partial charge in [0, 0.05) is 11.5 Å². The second-order valence-electron chi connectivity index (χ2n) is 5.15. The summed E-state index contributed by atoms with van der Waals surface area (Å²) >= 11 is 0. The highest BCUT2D eigenvalue weighted by molar-refractivity contribution is 7.81. The van der Waals surface area contributed by atoms with Gasteiger partial charge in [0.05, 0.1) is 13.2 Å². The topological polar surface area (TPSA) is 61.8 Å². The molecule has 0 bridgehead atoms. The van der Waals surface area contributed by atoms with Gasteiger partial charge >= 0.3 is 10.5 Å². The Morgan fingerprint density at radius 3 is 2.09 bits per heavy atom. The first-order valence-corrected chi connectivity index (χ1v) is 8.34. The zero-order valence-electron chi connectivity index (χ0n) is 12.1. The molecule has 1 aliphatic heterocycles. The molecule has 2 aromatic carbocycles. The number of benzene rings is 2. The average Bonchev–Trinajstić information content (AvgIpc) is 2.55. The SMILES string of the molecule is O=S(=O)(F)Oc1ccc(C2OCC(c3ccccc3)CO2)cc1. The molecule has 23 heavy (non-hydrogen) atoms. The summed E-state index contributed by atoms with van der Waals surface area (Å²) in [5.74, 6) is 0.0703. The van der Waals surface area contributed by atoms with Gasteiger partial charge in [-0.3, -0.25) is 0 Å². The summed E-state index contributed by atoms with van der Waals surface area (Å²) in [5, 5.41) is 0. The van der Waals surface area contributed by atoms with E-state index in [1.807, 2.05) is 30.3 Å². The number of hydrogen-bond acceptors (Lipinski definition) is 5. The Kier molecular flexibility index (Phi) is 4.61. The van der Waals surface area contributed by atoms with Gasteiger partial charge in [-0.05, 0) is 17.7 Å². The van der Waals surface area contributed by atoms with Gasteiger partial charge in [0.15, 0.2) is 6.29 Å². The minimum Gasteiger partial charge on any atom is -0.358 e. The zero-order chi connectivity index (χ0) is 16.3. The van der Waals surface area contributed by atoms with Crippen LogP contribution in [0.2, 0.25) is 0 Å². The second-order valence-corrected chi connectivity index (χ2v) is 6.10. The van der Waals surface area contributed by atoms with Crippen LogP contribution in [-0.2, 0) is 20.0 Å². The Balaban J connectivity index is 1.61. The van der Waals surface area contributed by atoms with Crippen LogP contribution in [0.25, 0.3) is 0 Å². The highest BCUT2D eigenvalue weighted by atomic mass is 32.3. The van der Waals surface area contributed by atoms with Gasteiger partial charge in [-0.2, -0.15) is 8.42 Å². The molecule has 1 heterocycles. The molecule has 5 nitrogen and oxygen atoms in total. The van der Waals surface area contributed by atoms with E-state index in [4.69, 9.17) is 9.47 Å². The molecule has 0 amide bonds. The molecule has 1 saturated heterocycles. The van der Waals surface area contributed by atoms with Crippen molar-refractivity contribution in [3.63, 3.8) is 0 Å². The Morgan fingerprint density at radius 1 is 0.913 bits per heavy atom. The summed E-state index contributed by atoms with van der Waals surface area (Å²) in [4.78, 5) is 0. The molecule has 0 aliphatic carbocycles. The molecule has 1 fully saturated rings. The van der Waals surface area contributed by atoms with Crippen LogP contribution in [0.5, 0.6) is 5.75 Å². The van der Waals surface area contributed by atoms with Gasteiger partial charge in [-0.25, -0.2) is 0 Å². The lowest BCUT2D eigenvalue weighted by Gasteiger charge is -2.30. The lowest BCUT2D eigenvalue weighted by Crippen LogP contribution is -2.25. The first-order chi connectivity index (χ1) is 11.0. The van der Waals surface area contributed by atoms with E-state index in [1.165, 1.54) is 12.1 Å². The fraction of sp³-hybridized carbons (Fsp3) is 0.250. The van der Waals surface area contributed by atoms with Crippen molar-refractivity contribution in [1.29, 1.82) is 0 Å². The third-order valence-electron chi connectivity index (χ3n) is 3.52. The molecular formula is C16H15FO5S. The Hall–Kier alpha value is -1.96. The highest BCUT2D eigenvalue weighted by Gasteiger charge is 2.24. The standard InChI is InChI=1S/C16H15FO5S/c17-23(18,19)22-15-8-6-13(7-9-15)16-20-10-14(11-21-16)12-4-2-1-3-5-12/h1-9,14,16H,10-11H2. The number of ether oxygens (including phenoxy) is 2. The van der Waals surface area contributed by atoms with Crippen LogP contribution in [0.1, 0.15) is 23.3 Å². The summed E-state index contributed by atoms with van der Waals surface area (Å²) in [6, 6.07) is 15.8. The predicted octanol–water partition coefficient (Wildman–Crippen LogP) is 3.11. The van der Waals surface area contributed by atoms with E-state index in [0.29, 0.717) is 18.8 Å². The van der Waals surface area contributed by atoms with Crippen LogP contribution in [0.3, 0.4) is 0 Å². The van der Waals surface area contributed by atoms with E-state index in [2.05, 4.69) is 4.18 Å². The maximum Gasteiger partial charge on any atom is 0.488 e. The maximum absolute atomic E-state index is 12.4. The van der Waals surface area contributed by atoms with Gasteiger partial charge in [0.2, 0.25) is 0 Å². The van der Waals surface area contributed by atoms with Crippen LogP contribution in [0.15, 0.2) is 54.6 Å². The lowest BCUT2D eigenvalue weighted by molar-refractivity contribution is -0.191. The van der Waals surface area contributed by atoms with Crippen LogP contribution in [-0.4, -0.2) is 21.6 Å². The summed E-state index contributed by atoms with van der Waals surface area (Å²) in [7, 11) is -5.02. The van der Waals surface area contributed by atoms with Crippen molar-refractivity contribution in [1.82, 2.24) is 0 Å². The van der Waals surface area contributed by atoms with Crippen molar-refractivity contribution in [2.24, 2.45) is 0 Å². The van der Waals surface area contributed by atoms with Gasteiger partial charge in [0.1, 0.15) is 5.75 Å². The van der Waals surface area contributed by atoms with E-state index >= 15 is 0 Å². The minimum absolute atomic E-state index is 0.103. The summed E-state index contributed by atoms with van der Waals surface area (Å²) < 4.78 is 48.9. The molecule has 0 unspecified atom stereocenters. The third kappa shape index (κ3) is 4.28. The number of hydrogen-bond donors (Lipinski definition) is 0. The molecule has 0 aromatic heterocycles. The van der Waals surface area contributed by atoms with E-state index < -0.39 is 16.8 Å². The Bertz CT molecular complexity index is 738. The van der Waals surface area contributed by atoms with Gasteiger partial charge in [0.25, 0.3) is 0 Å². The molecule has 0 N–H and O–H groups in total. The smallest absolute Gasteiger partial charge is 0.358 e. The Morgan fingerprint density at radius 2 is 1.52 bits per heavy atom. The molecule has 2 aromatic rings. The Labute approximate surface area is 134 Å². The molecule has 0 saturated carbocycles. The molecule has 122 valence electrons. The summed E-state index contributed by atoms with van der Waals surface area (Å²) in [5.41, 5.74) is 1.86. The minimum atomic E-state index is -5.02. The van der Waals surface area contributed by atoms with Crippen LogP contribution in [0, 0.1) is 0 Å². The van der Waals surface area contributed by atoms with Crippen molar-refractivity contribution < 1.29 is 26.0 Å². The first kappa shape index (κ1) is 15.9. The third-order valence-corrected chi connectivity index (χ3v) is 3.91. The molecule has 0 spiro atoms. The molecule has 7 heteroatoms. The first-order valence-electron chi connectivity index (χ1n) is 7.03. The van der Waals surface area contributed by atoms with Crippen molar-refractivity contribution >= 4 is 10.5 Å². The molecule has 0 radical (unpaired) electrons. The number of halogens is 1. The summed E-state index contributed by atoms with van der Waals surface area (Å²) in [6.07, 6.45) is -0.536. The van der Waals surface area contributed by atoms with Crippen molar-refractivity contribution in [2.45, 2.75) is 12.2 Å². The fourth-order valence-corrected chi connectivity index (χ4v) is 2.75. The normalized spacial score (nSPS) is 21.8. The predicted molar refractivity (Wildman–Crippen MR) is 80.9 cm³/mol. The van der Waals surface area contributed by atoms with E-state index in [0.717, 1.165) is 5.56 Å². The second kappa shape index (κ2) is 6.66. The van der Waals surface area contributed by atoms with E-state index in [1.54, 1.807) is 12.1 Å². The maximum atomic E-state index is 12.4. The van der Waals surface area contributed by atoms with Crippen LogP contribution < -0.4 is 4.18 Å². The molecule has 1 aliphatic rings. The van der Waals surface area contributed by atoms with Crippen LogP contribution in [0.4, 0.5) is 3.89 Å². The fourth-order valence-electron chi connectivity index (χ4n) is 2.41. The largest absolute Gasteiger partial charge is 0.488 e. The number of rotatable bonds is 4. The van der Waals surface area contributed by atoms with Gasteiger partial charge in [-0.15, -0.1) is 0 Å². The molecular weight excluding hydrogens is 323 g/mol. The lowest BCUT2D eigenvalue weighted by atomic mass is 10.0. The van der Waals surface area contributed by atoms with E-state index in [-0.39, 0.29) is 11.7 Å². The zero-order valence-corrected chi connectivity index (χ0v) is 12.9. The van der Waals surface area contributed by atoms with E-state index in [9.17, 15) is 12.3 Å². The quantitative estimate of drug-likeness (QED) is 0.802.